The molecule has 14 nitrogen and oxygen atoms in total. The van der Waals surface area contributed by atoms with Gasteiger partial charge >= 0.3 is 12.1 Å². The maximum absolute atomic E-state index is 13.5. The summed E-state index contributed by atoms with van der Waals surface area (Å²) in [4.78, 5) is 67.1. The standard InChI is InChI=1S/C29H46N8O6/c1-18(2)15-20(28(40)41)33-26(38)21-11-10-13-37(21)27(39)22(19(3)4)34-29(42)43-14-9-7-8-12-36-17-32-23-24(35(5)6)30-16-31-25(23)36/h16-22H,7-15H2,1-6H3,(H,33,38)(H,34,42)(H,40,41)/t20-,21-,22-/m0/s1. The number of fused-ring (bicyclic) bond motifs is 1. The highest BCUT2D eigenvalue weighted by atomic mass is 16.5. The van der Waals surface area contributed by atoms with Crippen LogP contribution in [0.25, 0.3) is 11.2 Å². The largest absolute Gasteiger partial charge is 0.480 e. The number of nitrogens with zero attached hydrogens (tertiary/aromatic N) is 6. The highest BCUT2D eigenvalue weighted by molar-refractivity contribution is 5.93. The number of imidazole rings is 1. The molecule has 0 aromatic carbocycles. The number of amides is 3. The highest BCUT2D eigenvalue weighted by Crippen LogP contribution is 2.22. The van der Waals surface area contributed by atoms with Crippen LogP contribution in [0.15, 0.2) is 12.7 Å². The summed E-state index contributed by atoms with van der Waals surface area (Å²) in [6, 6.07) is -2.69. The molecule has 1 aliphatic rings. The van der Waals surface area contributed by atoms with Crippen molar-refractivity contribution in [3.8, 4) is 0 Å². The van der Waals surface area contributed by atoms with E-state index in [2.05, 4.69) is 25.6 Å². The Morgan fingerprint density at radius 2 is 1.81 bits per heavy atom. The van der Waals surface area contributed by atoms with Gasteiger partial charge in [0.25, 0.3) is 0 Å². The molecule has 0 bridgehead atoms. The van der Waals surface area contributed by atoms with Gasteiger partial charge in [-0.1, -0.05) is 27.7 Å². The molecule has 3 N–H and O–H groups in total. The van der Waals surface area contributed by atoms with Gasteiger partial charge in [0.05, 0.1) is 12.9 Å². The van der Waals surface area contributed by atoms with E-state index in [1.54, 1.807) is 6.33 Å². The lowest BCUT2D eigenvalue weighted by molar-refractivity contribution is -0.145. The zero-order valence-corrected chi connectivity index (χ0v) is 26.1. The van der Waals surface area contributed by atoms with Gasteiger partial charge in [0.2, 0.25) is 11.8 Å². The van der Waals surface area contributed by atoms with Gasteiger partial charge in [0.15, 0.2) is 17.0 Å². The first-order valence-electron chi connectivity index (χ1n) is 15.0. The Morgan fingerprint density at radius 3 is 2.47 bits per heavy atom. The van der Waals surface area contributed by atoms with Gasteiger partial charge in [-0.05, 0) is 50.4 Å². The third kappa shape index (κ3) is 9.01. The van der Waals surface area contributed by atoms with Gasteiger partial charge in [0, 0.05) is 27.2 Å². The molecule has 0 radical (unpaired) electrons. The SMILES string of the molecule is CC(C)C[C@H](NC(=O)[C@@H]1CCCN1C(=O)[C@@H](NC(=O)OCCCCCn1cnc2c(N(C)C)ncnc21)C(C)C)C(=O)O. The number of unbranched alkanes of at least 4 members (excludes halogenated alkanes) is 2. The number of hydrogen-bond acceptors (Lipinski definition) is 9. The fourth-order valence-electron chi connectivity index (χ4n) is 5.21. The monoisotopic (exact) mass is 602 g/mol. The number of alkyl carbamates (subject to hydrolysis) is 1. The van der Waals surface area contributed by atoms with Crippen LogP contribution in [0, 0.1) is 11.8 Å². The molecule has 0 spiro atoms. The third-order valence-corrected chi connectivity index (χ3v) is 7.45. The van der Waals surface area contributed by atoms with E-state index in [1.807, 2.05) is 51.3 Å². The van der Waals surface area contributed by atoms with Crippen LogP contribution in [-0.4, -0.2) is 98.8 Å². The summed E-state index contributed by atoms with van der Waals surface area (Å²) in [6.45, 7) is 8.64. The lowest BCUT2D eigenvalue weighted by Gasteiger charge is -2.31. The lowest BCUT2D eigenvalue weighted by atomic mass is 10.0. The summed E-state index contributed by atoms with van der Waals surface area (Å²) in [5.74, 6) is -1.39. The van der Waals surface area contributed by atoms with E-state index in [-0.39, 0.29) is 30.8 Å². The number of aliphatic carboxylic acids is 1. The summed E-state index contributed by atoms with van der Waals surface area (Å²) >= 11 is 0. The predicted octanol–water partition coefficient (Wildman–Crippen LogP) is 2.42. The van der Waals surface area contributed by atoms with E-state index in [0.717, 1.165) is 29.8 Å². The van der Waals surface area contributed by atoms with Gasteiger partial charge in [-0.25, -0.2) is 24.5 Å². The Hall–Kier alpha value is -3.97. The molecule has 1 aliphatic heterocycles. The van der Waals surface area contributed by atoms with Gasteiger partial charge in [-0.2, -0.15) is 0 Å². The molecule has 3 heterocycles. The smallest absolute Gasteiger partial charge is 0.407 e. The van der Waals surface area contributed by atoms with Crippen LogP contribution in [0.3, 0.4) is 0 Å². The molecule has 3 amide bonds. The van der Waals surface area contributed by atoms with Crippen molar-refractivity contribution in [2.45, 2.75) is 90.9 Å². The van der Waals surface area contributed by atoms with Crippen LogP contribution in [0.1, 0.15) is 66.2 Å². The first-order chi connectivity index (χ1) is 20.4. The van der Waals surface area contributed by atoms with Crippen LogP contribution in [0.5, 0.6) is 0 Å². The Labute approximate surface area is 252 Å². The molecule has 2 aromatic rings. The third-order valence-electron chi connectivity index (χ3n) is 7.45. The van der Waals surface area contributed by atoms with E-state index in [0.29, 0.717) is 32.4 Å². The second-order valence-electron chi connectivity index (χ2n) is 12.0. The summed E-state index contributed by atoms with van der Waals surface area (Å²) < 4.78 is 7.35. The topological polar surface area (TPSA) is 172 Å². The fraction of sp³-hybridized carbons (Fsp3) is 0.690. The zero-order chi connectivity index (χ0) is 31.7. The normalized spacial score (nSPS) is 16.4. The number of carbonyl (C=O) groups is 4. The Balaban J connectivity index is 1.46. The minimum atomic E-state index is -1.11. The minimum Gasteiger partial charge on any atom is -0.480 e. The zero-order valence-electron chi connectivity index (χ0n) is 26.1. The fourth-order valence-corrected chi connectivity index (χ4v) is 5.21. The van der Waals surface area contributed by atoms with Crippen LogP contribution < -0.4 is 15.5 Å². The number of carboxylic acids is 1. The number of likely N-dealkylation sites (tertiary alicyclic amines) is 1. The molecular formula is C29H46N8O6. The number of hydrogen-bond donors (Lipinski definition) is 3. The van der Waals surface area contributed by atoms with E-state index in [9.17, 15) is 24.3 Å². The first-order valence-corrected chi connectivity index (χ1v) is 15.0. The number of aryl methyl sites for hydroxylation is 1. The van der Waals surface area contributed by atoms with E-state index < -0.39 is 36.1 Å². The molecular weight excluding hydrogens is 556 g/mol. The van der Waals surface area contributed by atoms with Crippen molar-refractivity contribution in [3.63, 3.8) is 0 Å². The molecule has 3 rings (SSSR count). The van der Waals surface area contributed by atoms with E-state index in [4.69, 9.17) is 4.74 Å². The number of aromatic nitrogens is 4. The van der Waals surface area contributed by atoms with Crippen molar-refractivity contribution in [2.24, 2.45) is 11.8 Å². The Bertz CT molecular complexity index is 1260. The van der Waals surface area contributed by atoms with Crippen LogP contribution >= 0.6 is 0 Å². The van der Waals surface area contributed by atoms with Crippen molar-refractivity contribution in [3.05, 3.63) is 12.7 Å². The number of carbonyl (C=O) groups excluding carboxylic acids is 3. The minimum absolute atomic E-state index is 0.0759. The molecule has 1 fully saturated rings. The number of nitrogens with one attached hydrogen (secondary N) is 2. The second kappa shape index (κ2) is 15.5. The number of rotatable bonds is 15. The van der Waals surface area contributed by atoms with E-state index >= 15 is 0 Å². The summed E-state index contributed by atoms with van der Waals surface area (Å²) in [5, 5.41) is 14.8. The molecule has 0 saturated carbocycles. The van der Waals surface area contributed by atoms with Crippen molar-refractivity contribution < 1.29 is 29.0 Å². The van der Waals surface area contributed by atoms with Crippen LogP contribution in [0.4, 0.5) is 10.6 Å². The number of carboxylic acid groups (broad SMARTS) is 1. The van der Waals surface area contributed by atoms with Gasteiger partial charge in [-0.15, -0.1) is 0 Å². The van der Waals surface area contributed by atoms with E-state index in [1.165, 1.54) is 11.2 Å². The predicted molar refractivity (Wildman–Crippen MR) is 160 cm³/mol. The molecule has 0 aliphatic carbocycles. The Kier molecular flexibility index (Phi) is 12.1. The summed E-state index contributed by atoms with van der Waals surface area (Å²) in [7, 11) is 3.82. The summed E-state index contributed by atoms with van der Waals surface area (Å²) in [6.07, 6.45) is 6.21. The van der Waals surface area contributed by atoms with Gasteiger partial charge in [-0.3, -0.25) is 9.59 Å². The summed E-state index contributed by atoms with van der Waals surface area (Å²) in [5.41, 5.74) is 1.52. The van der Waals surface area contributed by atoms with Crippen molar-refractivity contribution in [1.29, 1.82) is 0 Å². The molecule has 14 heteroatoms. The van der Waals surface area contributed by atoms with Crippen molar-refractivity contribution >= 4 is 40.9 Å². The van der Waals surface area contributed by atoms with Gasteiger partial charge in [0.1, 0.15) is 24.5 Å². The average Bonchev–Trinajstić information content (AvgIpc) is 3.60. The van der Waals surface area contributed by atoms with Crippen LogP contribution in [-0.2, 0) is 25.7 Å². The maximum atomic E-state index is 13.5. The molecule has 43 heavy (non-hydrogen) atoms. The van der Waals surface area contributed by atoms with Crippen LogP contribution in [0.2, 0.25) is 0 Å². The molecule has 3 atom stereocenters. The number of ether oxygens (including phenoxy) is 1. The quantitative estimate of drug-likeness (QED) is 0.257. The molecule has 0 unspecified atom stereocenters. The molecule has 238 valence electrons. The van der Waals surface area contributed by atoms with Crippen molar-refractivity contribution in [2.75, 3.05) is 32.1 Å². The first kappa shape index (κ1) is 33.5. The lowest BCUT2D eigenvalue weighted by Crippen LogP contribution is -2.56. The molecule has 1 saturated heterocycles. The number of anilines is 1. The second-order valence-corrected chi connectivity index (χ2v) is 12.0. The maximum Gasteiger partial charge on any atom is 0.407 e. The average molecular weight is 603 g/mol. The molecule has 2 aromatic heterocycles. The van der Waals surface area contributed by atoms with Gasteiger partial charge < -0.3 is 34.8 Å². The Morgan fingerprint density at radius 1 is 1.07 bits per heavy atom. The highest BCUT2D eigenvalue weighted by Gasteiger charge is 2.39. The van der Waals surface area contributed by atoms with Crippen molar-refractivity contribution in [1.82, 2.24) is 35.1 Å².